The van der Waals surface area contributed by atoms with E-state index in [1.807, 2.05) is 26.2 Å². The zero-order valence-corrected chi connectivity index (χ0v) is 15.1. The van der Waals surface area contributed by atoms with Gasteiger partial charge < -0.3 is 5.32 Å². The van der Waals surface area contributed by atoms with Gasteiger partial charge in [-0.05, 0) is 44.4 Å². The number of hydrogen-bond acceptors (Lipinski definition) is 4. The van der Waals surface area contributed by atoms with E-state index in [0.29, 0.717) is 16.6 Å². The molecule has 130 valence electrons. The van der Waals surface area contributed by atoms with E-state index in [1.54, 1.807) is 36.4 Å². The van der Waals surface area contributed by atoms with Crippen LogP contribution in [0.2, 0.25) is 0 Å². The molecular formula is C18H19FN4OS. The Labute approximate surface area is 149 Å². The quantitative estimate of drug-likeness (QED) is 0.759. The summed E-state index contributed by atoms with van der Waals surface area (Å²) in [4.78, 5) is 16.8. The third kappa shape index (κ3) is 3.66. The first-order valence-corrected chi connectivity index (χ1v) is 9.20. The summed E-state index contributed by atoms with van der Waals surface area (Å²) in [7, 11) is 0. The van der Waals surface area contributed by atoms with Crippen molar-refractivity contribution in [2.45, 2.75) is 19.4 Å². The predicted octanol–water partition coefficient (Wildman–Crippen LogP) is 3.43. The Morgan fingerprint density at radius 1 is 1.36 bits per heavy atom. The Balaban J connectivity index is 2.03. The molecule has 2 heterocycles. The number of nitrogens with zero attached hydrogens (tertiary/aromatic N) is 3. The number of amides is 1. The number of benzene rings is 1. The highest BCUT2D eigenvalue weighted by molar-refractivity contribution is 7.98. The highest BCUT2D eigenvalue weighted by Gasteiger charge is 2.23. The monoisotopic (exact) mass is 358 g/mol. The van der Waals surface area contributed by atoms with Crippen molar-refractivity contribution >= 4 is 28.6 Å². The molecule has 0 fully saturated rings. The van der Waals surface area contributed by atoms with Crippen LogP contribution in [0, 0.1) is 5.82 Å². The molecule has 0 spiro atoms. The van der Waals surface area contributed by atoms with Gasteiger partial charge in [0.1, 0.15) is 5.52 Å². The second-order valence-corrected chi connectivity index (χ2v) is 7.28. The van der Waals surface area contributed by atoms with Crippen LogP contribution in [-0.4, -0.2) is 38.2 Å². The van der Waals surface area contributed by atoms with Gasteiger partial charge in [0, 0.05) is 29.1 Å². The maximum absolute atomic E-state index is 14.2. The van der Waals surface area contributed by atoms with Gasteiger partial charge in [0.05, 0.1) is 17.4 Å². The molecule has 0 aliphatic heterocycles. The van der Waals surface area contributed by atoms with Crippen LogP contribution in [0.4, 0.5) is 4.39 Å². The van der Waals surface area contributed by atoms with Gasteiger partial charge in [-0.15, -0.1) is 0 Å². The second-order valence-electron chi connectivity index (χ2n) is 6.41. The molecule has 1 amide bonds. The standard InChI is InChI=1S/C18H19FN4OS/c1-18(2,11-25-3)21-17(24)13-6-7-15(19)16-14(13)10-23(22-16)12-5-4-8-20-9-12/h4-10H,11H2,1-3H3,(H,21,24). The number of nitrogens with one attached hydrogen (secondary N) is 1. The first-order valence-electron chi connectivity index (χ1n) is 7.81. The Morgan fingerprint density at radius 3 is 2.84 bits per heavy atom. The Hall–Kier alpha value is -2.41. The Bertz CT molecular complexity index is 908. The molecule has 0 aliphatic rings. The molecule has 0 saturated carbocycles. The molecule has 0 unspecified atom stereocenters. The average Bonchev–Trinajstić information content (AvgIpc) is 3.01. The average molecular weight is 358 g/mol. The van der Waals surface area contributed by atoms with Gasteiger partial charge in [-0.25, -0.2) is 9.07 Å². The topological polar surface area (TPSA) is 59.8 Å². The minimum absolute atomic E-state index is 0.166. The van der Waals surface area contributed by atoms with Crippen LogP contribution in [0.15, 0.2) is 42.9 Å². The molecule has 0 radical (unpaired) electrons. The number of pyridine rings is 1. The van der Waals surface area contributed by atoms with Crippen LogP contribution < -0.4 is 5.32 Å². The number of carbonyl (C=O) groups excluding carboxylic acids is 1. The van der Waals surface area contributed by atoms with Crippen LogP contribution in [0.25, 0.3) is 16.6 Å². The molecule has 5 nitrogen and oxygen atoms in total. The SMILES string of the molecule is CSCC(C)(C)NC(=O)c1ccc(F)c2nn(-c3cccnc3)cc12. The van der Waals surface area contributed by atoms with E-state index in [1.165, 1.54) is 16.8 Å². The van der Waals surface area contributed by atoms with Gasteiger partial charge in [0.25, 0.3) is 5.91 Å². The summed E-state index contributed by atoms with van der Waals surface area (Å²) >= 11 is 1.66. The summed E-state index contributed by atoms with van der Waals surface area (Å²) in [5.41, 5.74) is 0.906. The number of fused-ring (bicyclic) bond motifs is 1. The summed E-state index contributed by atoms with van der Waals surface area (Å²) < 4.78 is 15.7. The molecule has 3 rings (SSSR count). The van der Waals surface area contributed by atoms with Crippen molar-refractivity contribution in [3.8, 4) is 5.69 Å². The summed E-state index contributed by atoms with van der Waals surface area (Å²) in [6.07, 6.45) is 6.93. The number of halogens is 1. The van der Waals surface area contributed by atoms with E-state index in [4.69, 9.17) is 0 Å². The normalized spacial score (nSPS) is 11.7. The predicted molar refractivity (Wildman–Crippen MR) is 98.8 cm³/mol. The zero-order chi connectivity index (χ0) is 18.0. The zero-order valence-electron chi connectivity index (χ0n) is 14.3. The molecule has 7 heteroatoms. The minimum atomic E-state index is -0.461. The molecule has 0 saturated heterocycles. The van der Waals surface area contributed by atoms with E-state index in [0.717, 1.165) is 5.75 Å². The van der Waals surface area contributed by atoms with Crippen molar-refractivity contribution in [3.63, 3.8) is 0 Å². The fraction of sp³-hybridized carbons (Fsp3) is 0.278. The fourth-order valence-corrected chi connectivity index (χ4v) is 3.46. The fourth-order valence-electron chi connectivity index (χ4n) is 2.66. The number of rotatable bonds is 5. The van der Waals surface area contributed by atoms with Crippen molar-refractivity contribution in [2.75, 3.05) is 12.0 Å². The summed E-state index contributed by atoms with van der Waals surface area (Å²) in [5, 5.41) is 7.75. The first kappa shape index (κ1) is 17.4. The molecule has 3 aromatic rings. The van der Waals surface area contributed by atoms with Crippen molar-refractivity contribution in [3.05, 3.63) is 54.2 Å². The first-order chi connectivity index (χ1) is 11.9. The Kier molecular flexibility index (Phi) is 4.76. The van der Waals surface area contributed by atoms with Crippen LogP contribution in [-0.2, 0) is 0 Å². The number of carbonyl (C=O) groups is 1. The number of hydrogen-bond donors (Lipinski definition) is 1. The van der Waals surface area contributed by atoms with E-state index in [-0.39, 0.29) is 17.0 Å². The summed E-state index contributed by atoms with van der Waals surface area (Å²) in [6, 6.07) is 6.37. The summed E-state index contributed by atoms with van der Waals surface area (Å²) in [6.45, 7) is 3.92. The van der Waals surface area contributed by atoms with E-state index in [9.17, 15) is 9.18 Å². The van der Waals surface area contributed by atoms with Gasteiger partial charge in [-0.1, -0.05) is 0 Å². The van der Waals surface area contributed by atoms with Crippen LogP contribution in [0.5, 0.6) is 0 Å². The van der Waals surface area contributed by atoms with E-state index in [2.05, 4.69) is 15.4 Å². The lowest BCUT2D eigenvalue weighted by atomic mass is 10.1. The van der Waals surface area contributed by atoms with Gasteiger partial charge in [0.15, 0.2) is 5.82 Å². The van der Waals surface area contributed by atoms with Crippen molar-refractivity contribution in [2.24, 2.45) is 0 Å². The van der Waals surface area contributed by atoms with Crippen LogP contribution in [0.3, 0.4) is 0 Å². The molecule has 0 bridgehead atoms. The lowest BCUT2D eigenvalue weighted by Crippen LogP contribution is -2.45. The largest absolute Gasteiger partial charge is 0.346 e. The van der Waals surface area contributed by atoms with Crippen molar-refractivity contribution in [1.82, 2.24) is 20.1 Å². The van der Waals surface area contributed by atoms with Crippen LogP contribution in [0.1, 0.15) is 24.2 Å². The third-order valence-electron chi connectivity index (χ3n) is 3.74. The molecular weight excluding hydrogens is 339 g/mol. The molecule has 1 aromatic carbocycles. The minimum Gasteiger partial charge on any atom is -0.346 e. The smallest absolute Gasteiger partial charge is 0.252 e. The molecule has 0 atom stereocenters. The number of thioether (sulfide) groups is 1. The van der Waals surface area contributed by atoms with Gasteiger partial charge in [-0.2, -0.15) is 16.9 Å². The third-order valence-corrected chi connectivity index (χ3v) is 4.75. The molecule has 0 aliphatic carbocycles. The molecule has 2 aromatic heterocycles. The molecule has 1 N–H and O–H groups in total. The highest BCUT2D eigenvalue weighted by Crippen LogP contribution is 2.23. The maximum Gasteiger partial charge on any atom is 0.252 e. The van der Waals surface area contributed by atoms with Gasteiger partial charge >= 0.3 is 0 Å². The second kappa shape index (κ2) is 6.84. The summed E-state index contributed by atoms with van der Waals surface area (Å²) in [5.74, 6) is 0.0743. The van der Waals surface area contributed by atoms with E-state index < -0.39 is 5.82 Å². The maximum atomic E-state index is 14.2. The van der Waals surface area contributed by atoms with Gasteiger partial charge in [0.2, 0.25) is 0 Å². The van der Waals surface area contributed by atoms with E-state index >= 15 is 0 Å². The lowest BCUT2D eigenvalue weighted by molar-refractivity contribution is 0.0922. The Morgan fingerprint density at radius 2 is 2.16 bits per heavy atom. The van der Waals surface area contributed by atoms with Crippen LogP contribution >= 0.6 is 11.8 Å². The highest BCUT2D eigenvalue weighted by atomic mass is 32.2. The van der Waals surface area contributed by atoms with Crippen molar-refractivity contribution in [1.29, 1.82) is 0 Å². The van der Waals surface area contributed by atoms with Crippen molar-refractivity contribution < 1.29 is 9.18 Å². The molecule has 25 heavy (non-hydrogen) atoms. The lowest BCUT2D eigenvalue weighted by Gasteiger charge is -2.25. The number of aromatic nitrogens is 3. The van der Waals surface area contributed by atoms with Gasteiger partial charge in [-0.3, -0.25) is 9.78 Å².